The van der Waals surface area contributed by atoms with Gasteiger partial charge in [0, 0.05) is 16.7 Å². The smallest absolute Gasteiger partial charge is 0.323 e. The lowest BCUT2D eigenvalue weighted by atomic mass is 9.84. The van der Waals surface area contributed by atoms with Crippen LogP contribution in [0.25, 0.3) is 11.1 Å². The van der Waals surface area contributed by atoms with Crippen molar-refractivity contribution in [2.45, 2.75) is 25.6 Å². The molecule has 1 aliphatic carbocycles. The molecule has 0 saturated heterocycles. The monoisotopic (exact) mass is 488 g/mol. The number of ether oxygens (including phenoxy) is 3. The van der Waals surface area contributed by atoms with Crippen molar-refractivity contribution in [3.05, 3.63) is 52.6 Å². The van der Waals surface area contributed by atoms with E-state index in [2.05, 4.69) is 9.24 Å². The second-order valence-electron chi connectivity index (χ2n) is 7.49. The van der Waals surface area contributed by atoms with Crippen molar-refractivity contribution in [3.63, 3.8) is 0 Å². The maximum absolute atomic E-state index is 12.9. The van der Waals surface area contributed by atoms with E-state index in [0.717, 1.165) is 35.7 Å². The van der Waals surface area contributed by atoms with Gasteiger partial charge in [0.2, 0.25) is 5.78 Å². The maximum atomic E-state index is 12.9. The topological polar surface area (TPSA) is 78.9 Å². The van der Waals surface area contributed by atoms with Crippen molar-refractivity contribution in [2.75, 3.05) is 19.9 Å². The second-order valence-corrected chi connectivity index (χ2v) is 10.3. The molecule has 0 radical (unpaired) electrons. The van der Waals surface area contributed by atoms with Gasteiger partial charge in [0.15, 0.2) is 11.9 Å². The van der Waals surface area contributed by atoms with Gasteiger partial charge < -0.3 is 14.2 Å². The highest BCUT2D eigenvalue weighted by Crippen LogP contribution is 2.41. The number of hydrogen-bond acceptors (Lipinski definition) is 6. The van der Waals surface area contributed by atoms with Gasteiger partial charge in [-0.3, -0.25) is 9.59 Å². The van der Waals surface area contributed by atoms with Crippen LogP contribution in [0.15, 0.2) is 30.3 Å². The molecule has 0 amide bonds. The van der Waals surface area contributed by atoms with Gasteiger partial charge in [0.1, 0.15) is 19.0 Å². The third kappa shape index (κ3) is 4.70. The molecule has 2 aromatic rings. The number of rotatable bonds is 6. The molecule has 3 unspecified atom stereocenters. The fourth-order valence-corrected chi connectivity index (χ4v) is 4.41. The van der Waals surface area contributed by atoms with Crippen LogP contribution in [0.4, 0.5) is 4.79 Å². The average Bonchev–Trinajstić information content (AvgIpc) is 2.82. The number of Topliss-reactive ketones (excluding diaryl/α,β-unsaturated/α-hetero) is 2. The van der Waals surface area contributed by atoms with E-state index in [-0.39, 0.29) is 32.5 Å². The Labute approximate surface area is 192 Å². The van der Waals surface area contributed by atoms with E-state index in [1.165, 1.54) is 0 Å². The molecule has 0 bridgehead atoms. The third-order valence-electron chi connectivity index (χ3n) is 5.56. The molecule has 4 rings (SSSR count). The van der Waals surface area contributed by atoms with Crippen molar-refractivity contribution in [2.24, 2.45) is 0 Å². The summed E-state index contributed by atoms with van der Waals surface area (Å²) in [7, 11) is 3.46. The van der Waals surface area contributed by atoms with E-state index < -0.39 is 6.10 Å². The minimum absolute atomic E-state index is 0.00417. The number of carbonyl (C=O) groups excluding carboxylic acids is 3. The van der Waals surface area contributed by atoms with Crippen molar-refractivity contribution in [1.29, 1.82) is 0 Å². The molecule has 0 aromatic heterocycles. The summed E-state index contributed by atoms with van der Waals surface area (Å²) in [5, 5.41) is 0.722. The third-order valence-corrected chi connectivity index (χ3v) is 7.60. The molecule has 32 heavy (non-hydrogen) atoms. The Morgan fingerprint density at radius 1 is 1.19 bits per heavy atom. The maximum Gasteiger partial charge on any atom is 0.323 e. The van der Waals surface area contributed by atoms with E-state index in [9.17, 15) is 14.4 Å². The highest BCUT2D eigenvalue weighted by molar-refractivity contribution is 7.62. The summed E-state index contributed by atoms with van der Waals surface area (Å²) < 4.78 is 16.7. The predicted molar refractivity (Wildman–Crippen MR) is 131 cm³/mol. The van der Waals surface area contributed by atoms with Crippen LogP contribution in [0.3, 0.4) is 0 Å². The molecule has 0 fully saturated rings. The largest absolute Gasteiger partial charge is 0.488 e. The van der Waals surface area contributed by atoms with Crippen molar-refractivity contribution >= 4 is 48.5 Å². The van der Waals surface area contributed by atoms with Gasteiger partial charge >= 0.3 is 5.71 Å². The molecule has 0 spiro atoms. The van der Waals surface area contributed by atoms with E-state index in [1.807, 2.05) is 24.9 Å². The zero-order valence-electron chi connectivity index (χ0n) is 17.8. The number of fused-ring (bicyclic) bond motifs is 4. The standard InChI is InChI=1S/C23H23O6P3/c1-31-22(26)29-19-6-4-12-8-17-15-5-3-13(18(24)11-28-23(30)32-2)7-14(15)10-27-20(17)9-16(12)21(19)25/h3,5,7-9,19,31H,4,6,10-11,30H2,1-2H3. The van der Waals surface area contributed by atoms with Gasteiger partial charge in [-0.15, -0.1) is 0 Å². The average molecular weight is 488 g/mol. The number of hydrogen-bond donors (Lipinski definition) is 0. The zero-order chi connectivity index (χ0) is 22.8. The summed E-state index contributed by atoms with van der Waals surface area (Å²) in [4.78, 5) is 37.0. The molecule has 1 aliphatic heterocycles. The van der Waals surface area contributed by atoms with E-state index >= 15 is 0 Å². The lowest BCUT2D eigenvalue weighted by Gasteiger charge is -2.27. The van der Waals surface area contributed by atoms with Crippen LogP contribution in [-0.2, 0) is 22.5 Å². The Kier molecular flexibility index (Phi) is 7.17. The molecule has 166 valence electrons. The molecular weight excluding hydrogens is 465 g/mol. The highest BCUT2D eigenvalue weighted by Gasteiger charge is 2.32. The molecule has 0 N–H and O–H groups in total. The first-order chi connectivity index (χ1) is 15.4. The molecular formula is C23H23O6P3. The quantitative estimate of drug-likeness (QED) is 0.424. The van der Waals surface area contributed by atoms with Crippen molar-refractivity contribution < 1.29 is 28.6 Å². The van der Waals surface area contributed by atoms with Crippen LogP contribution in [0, 0.1) is 0 Å². The van der Waals surface area contributed by atoms with Crippen LogP contribution in [0.1, 0.15) is 38.3 Å². The lowest BCUT2D eigenvalue weighted by molar-refractivity contribution is 0.0657. The summed E-state index contributed by atoms with van der Waals surface area (Å²) in [5.41, 5.74) is 4.54. The normalized spacial score (nSPS) is 17.4. The van der Waals surface area contributed by atoms with E-state index in [0.29, 0.717) is 36.3 Å². The molecule has 9 heteroatoms. The first kappa shape index (κ1) is 23.2. The Bertz CT molecular complexity index is 1140. The minimum Gasteiger partial charge on any atom is -0.488 e. The minimum atomic E-state index is -0.723. The number of ketones is 2. The summed E-state index contributed by atoms with van der Waals surface area (Å²) in [5.74, 6) is 0.361. The molecule has 1 heterocycles. The number of benzene rings is 2. The highest BCUT2D eigenvalue weighted by atomic mass is 31.1. The van der Waals surface area contributed by atoms with Gasteiger partial charge in [-0.2, -0.15) is 0 Å². The van der Waals surface area contributed by atoms with Gasteiger partial charge in [0.25, 0.3) is 0 Å². The van der Waals surface area contributed by atoms with Crippen molar-refractivity contribution in [3.8, 4) is 16.9 Å². The number of aryl methyl sites for hydroxylation is 1. The van der Waals surface area contributed by atoms with Gasteiger partial charge in [0.05, 0.1) is 5.22 Å². The Morgan fingerprint density at radius 2 is 2.00 bits per heavy atom. The van der Waals surface area contributed by atoms with Gasteiger partial charge in [-0.1, -0.05) is 29.6 Å². The number of carbonyl (C=O) groups is 3. The predicted octanol–water partition coefficient (Wildman–Crippen LogP) is 4.93. The zero-order valence-corrected chi connectivity index (χ0v) is 20.8. The van der Waals surface area contributed by atoms with Crippen LogP contribution < -0.4 is 4.74 Å². The summed E-state index contributed by atoms with van der Waals surface area (Å²) >= 11 is 0. The van der Waals surface area contributed by atoms with Crippen LogP contribution in [-0.4, -0.2) is 48.5 Å². The van der Waals surface area contributed by atoms with E-state index in [1.54, 1.807) is 18.8 Å². The van der Waals surface area contributed by atoms with Crippen molar-refractivity contribution in [1.82, 2.24) is 0 Å². The molecule has 2 aliphatic rings. The van der Waals surface area contributed by atoms with Crippen LogP contribution in [0.2, 0.25) is 0 Å². The lowest BCUT2D eigenvalue weighted by Crippen LogP contribution is -2.31. The molecule has 0 saturated carbocycles. The first-order valence-corrected chi connectivity index (χ1v) is 13.6. The Hall–Kier alpha value is -1.96. The molecule has 6 nitrogen and oxygen atoms in total. The van der Waals surface area contributed by atoms with Crippen LogP contribution in [0.5, 0.6) is 5.75 Å². The molecule has 3 atom stereocenters. The van der Waals surface area contributed by atoms with Gasteiger partial charge in [-0.25, -0.2) is 4.79 Å². The van der Waals surface area contributed by atoms with Crippen LogP contribution >= 0.6 is 26.0 Å². The summed E-state index contributed by atoms with van der Waals surface area (Å²) in [6.45, 7) is 3.97. The summed E-state index contributed by atoms with van der Waals surface area (Å²) in [6, 6.07) is 9.33. The van der Waals surface area contributed by atoms with Gasteiger partial charge in [-0.05, 0) is 69.6 Å². The first-order valence-electron chi connectivity index (χ1n) is 10.1. The SMILES string of the molecule is CP=C(P)OCC(=O)c1ccc2c(c1)COc1cc3c(cc1-2)CCC(OC(=O)PC)C3=O. The van der Waals surface area contributed by atoms with E-state index in [4.69, 9.17) is 14.2 Å². The Morgan fingerprint density at radius 3 is 2.75 bits per heavy atom. The molecule has 2 aromatic carbocycles. The fraction of sp³-hybridized carbons (Fsp3) is 0.304. The Balaban J connectivity index is 1.60. The second kappa shape index (κ2) is 9.89. The fourth-order valence-electron chi connectivity index (χ4n) is 3.87. The summed E-state index contributed by atoms with van der Waals surface area (Å²) in [6.07, 6.45) is 0.402.